The first kappa shape index (κ1) is 23.4. The third kappa shape index (κ3) is 6.64. The molecule has 0 fully saturated rings. The molecule has 1 aliphatic rings. The Morgan fingerprint density at radius 2 is 1.21 bits per heavy atom. The molecule has 0 saturated heterocycles. The first-order chi connectivity index (χ1) is 16.3. The van der Waals surface area contributed by atoms with E-state index in [-0.39, 0.29) is 0 Å². The lowest BCUT2D eigenvalue weighted by molar-refractivity contribution is 0.112. The van der Waals surface area contributed by atoms with Crippen LogP contribution in [0.4, 0.5) is 11.4 Å². The SMILES string of the molecule is O=Cc1ccc(OCCCCCCCCCCN2c3ccccc3Sc3ccccc32)cc1. The Bertz CT molecular complexity index is 973. The van der Waals surface area contributed by atoms with Crippen LogP contribution in [0, 0.1) is 0 Å². The second kappa shape index (κ2) is 12.5. The standard InChI is InChI=1S/C29H33NO2S/c31-23-24-17-19-25(20-18-24)32-22-12-6-4-2-1-3-5-11-21-30-26-13-7-9-15-28(26)33-29-16-10-8-14-27(29)30/h7-10,13-20,23H,1-6,11-12,21-22H2. The molecule has 1 heterocycles. The summed E-state index contributed by atoms with van der Waals surface area (Å²) < 4.78 is 5.75. The van der Waals surface area contributed by atoms with Crippen molar-refractivity contribution in [3.05, 3.63) is 78.4 Å². The Hall–Kier alpha value is -2.72. The van der Waals surface area contributed by atoms with Gasteiger partial charge in [0.2, 0.25) is 0 Å². The zero-order valence-electron chi connectivity index (χ0n) is 19.2. The Morgan fingerprint density at radius 1 is 0.667 bits per heavy atom. The predicted octanol–water partition coefficient (Wildman–Crippen LogP) is 8.30. The van der Waals surface area contributed by atoms with Crippen LogP contribution < -0.4 is 9.64 Å². The normalized spacial score (nSPS) is 12.2. The van der Waals surface area contributed by atoms with Gasteiger partial charge in [-0.05, 0) is 61.4 Å². The lowest BCUT2D eigenvalue weighted by Crippen LogP contribution is -2.21. The highest BCUT2D eigenvalue weighted by atomic mass is 32.2. The van der Waals surface area contributed by atoms with Crippen LogP contribution in [0.25, 0.3) is 0 Å². The van der Waals surface area contributed by atoms with Crippen LogP contribution >= 0.6 is 11.8 Å². The van der Waals surface area contributed by atoms with Crippen LogP contribution in [0.3, 0.4) is 0 Å². The maximum atomic E-state index is 10.7. The molecule has 0 unspecified atom stereocenters. The van der Waals surface area contributed by atoms with Crippen molar-refractivity contribution in [3.8, 4) is 5.75 Å². The largest absolute Gasteiger partial charge is 0.494 e. The number of nitrogens with zero attached hydrogens (tertiary/aromatic N) is 1. The van der Waals surface area contributed by atoms with Gasteiger partial charge in [0.05, 0.1) is 18.0 Å². The fraction of sp³-hybridized carbons (Fsp3) is 0.345. The topological polar surface area (TPSA) is 29.5 Å². The van der Waals surface area contributed by atoms with Crippen LogP contribution in [-0.2, 0) is 0 Å². The summed E-state index contributed by atoms with van der Waals surface area (Å²) in [5.74, 6) is 0.846. The molecule has 0 aromatic heterocycles. The van der Waals surface area contributed by atoms with Gasteiger partial charge < -0.3 is 9.64 Å². The number of para-hydroxylation sites is 2. The first-order valence-corrected chi connectivity index (χ1v) is 13.0. The van der Waals surface area contributed by atoms with E-state index in [1.54, 1.807) is 12.1 Å². The van der Waals surface area contributed by atoms with Crippen LogP contribution in [0.15, 0.2) is 82.6 Å². The minimum absolute atomic E-state index is 0.687. The number of benzene rings is 3. The van der Waals surface area contributed by atoms with E-state index in [0.29, 0.717) is 5.56 Å². The maximum Gasteiger partial charge on any atom is 0.150 e. The summed E-state index contributed by atoms with van der Waals surface area (Å²) in [6.45, 7) is 1.83. The smallest absolute Gasteiger partial charge is 0.150 e. The molecule has 0 atom stereocenters. The van der Waals surface area contributed by atoms with Crippen LogP contribution in [0.2, 0.25) is 0 Å². The Morgan fingerprint density at radius 3 is 1.82 bits per heavy atom. The fourth-order valence-corrected chi connectivity index (χ4v) is 5.38. The number of hydrogen-bond donors (Lipinski definition) is 0. The molecule has 3 aromatic carbocycles. The van der Waals surface area contributed by atoms with Gasteiger partial charge in [0.15, 0.2) is 0 Å². The summed E-state index contributed by atoms with van der Waals surface area (Å²) in [5, 5.41) is 0. The van der Waals surface area contributed by atoms with E-state index < -0.39 is 0 Å². The molecule has 33 heavy (non-hydrogen) atoms. The van der Waals surface area contributed by atoms with Crippen molar-refractivity contribution >= 4 is 29.4 Å². The number of hydrogen-bond acceptors (Lipinski definition) is 4. The van der Waals surface area contributed by atoms with E-state index >= 15 is 0 Å². The number of unbranched alkanes of at least 4 members (excludes halogenated alkanes) is 7. The lowest BCUT2D eigenvalue weighted by atomic mass is 10.1. The van der Waals surface area contributed by atoms with Crippen molar-refractivity contribution in [2.75, 3.05) is 18.1 Å². The first-order valence-electron chi connectivity index (χ1n) is 12.2. The Kier molecular flexibility index (Phi) is 8.88. The van der Waals surface area contributed by atoms with Crippen molar-refractivity contribution in [2.45, 2.75) is 61.2 Å². The molecule has 0 aliphatic carbocycles. The molecule has 0 N–H and O–H groups in total. The van der Waals surface area contributed by atoms with E-state index in [1.807, 2.05) is 23.9 Å². The van der Waals surface area contributed by atoms with Gasteiger partial charge in [-0.25, -0.2) is 0 Å². The number of ether oxygens (including phenoxy) is 1. The Balaban J connectivity index is 1.08. The molecule has 3 nitrogen and oxygen atoms in total. The van der Waals surface area contributed by atoms with E-state index in [0.717, 1.165) is 31.6 Å². The minimum atomic E-state index is 0.687. The van der Waals surface area contributed by atoms with Gasteiger partial charge in [0.25, 0.3) is 0 Å². The summed E-state index contributed by atoms with van der Waals surface area (Å²) in [7, 11) is 0. The van der Waals surface area contributed by atoms with E-state index in [4.69, 9.17) is 4.74 Å². The van der Waals surface area contributed by atoms with Crippen LogP contribution in [-0.4, -0.2) is 19.4 Å². The number of carbonyl (C=O) groups is 1. The predicted molar refractivity (Wildman–Crippen MR) is 138 cm³/mol. The van der Waals surface area contributed by atoms with Gasteiger partial charge in [-0.15, -0.1) is 0 Å². The summed E-state index contributed by atoms with van der Waals surface area (Å²) in [4.78, 5) is 15.9. The molecular formula is C29H33NO2S. The van der Waals surface area contributed by atoms with E-state index in [2.05, 4.69) is 53.4 Å². The molecule has 0 amide bonds. The molecule has 172 valence electrons. The van der Waals surface area contributed by atoms with Crippen LogP contribution in [0.1, 0.15) is 61.7 Å². The molecule has 4 rings (SSSR count). The van der Waals surface area contributed by atoms with Crippen molar-refractivity contribution in [2.24, 2.45) is 0 Å². The van der Waals surface area contributed by atoms with Crippen LogP contribution in [0.5, 0.6) is 5.75 Å². The second-order valence-corrected chi connectivity index (χ2v) is 9.64. The zero-order valence-corrected chi connectivity index (χ0v) is 20.1. The monoisotopic (exact) mass is 459 g/mol. The summed E-state index contributed by atoms with van der Waals surface area (Å²) in [6, 6.07) is 24.9. The number of anilines is 2. The average Bonchev–Trinajstić information content (AvgIpc) is 2.87. The van der Waals surface area contributed by atoms with Crippen molar-refractivity contribution < 1.29 is 9.53 Å². The van der Waals surface area contributed by atoms with E-state index in [1.165, 1.54) is 66.1 Å². The molecule has 0 saturated carbocycles. The molecule has 1 aliphatic heterocycles. The molecule has 0 radical (unpaired) electrons. The van der Waals surface area contributed by atoms with Gasteiger partial charge in [0, 0.05) is 21.9 Å². The molecular weight excluding hydrogens is 426 g/mol. The number of carbonyl (C=O) groups excluding carboxylic acids is 1. The molecule has 3 aromatic rings. The highest BCUT2D eigenvalue weighted by Gasteiger charge is 2.22. The van der Waals surface area contributed by atoms with Gasteiger partial charge in [-0.2, -0.15) is 0 Å². The average molecular weight is 460 g/mol. The second-order valence-electron chi connectivity index (χ2n) is 8.55. The molecule has 0 spiro atoms. The van der Waals surface area contributed by atoms with E-state index in [9.17, 15) is 4.79 Å². The summed E-state index contributed by atoms with van der Waals surface area (Å²) >= 11 is 1.88. The number of rotatable bonds is 13. The molecule has 0 bridgehead atoms. The number of aldehydes is 1. The third-order valence-corrected chi connectivity index (χ3v) is 7.22. The quantitative estimate of drug-likeness (QED) is 0.190. The van der Waals surface area contributed by atoms with Gasteiger partial charge in [-0.3, -0.25) is 4.79 Å². The summed E-state index contributed by atoms with van der Waals surface area (Å²) in [5.41, 5.74) is 3.39. The number of fused-ring (bicyclic) bond motifs is 2. The van der Waals surface area contributed by atoms with Gasteiger partial charge in [0.1, 0.15) is 12.0 Å². The highest BCUT2D eigenvalue weighted by Crippen LogP contribution is 2.47. The van der Waals surface area contributed by atoms with Gasteiger partial charge >= 0.3 is 0 Å². The Labute approximate surface area is 202 Å². The maximum absolute atomic E-state index is 10.7. The molecule has 4 heteroatoms. The lowest BCUT2D eigenvalue weighted by Gasteiger charge is -2.32. The van der Waals surface area contributed by atoms with Crippen molar-refractivity contribution in [1.82, 2.24) is 0 Å². The van der Waals surface area contributed by atoms with Crippen molar-refractivity contribution in [3.63, 3.8) is 0 Å². The van der Waals surface area contributed by atoms with Gasteiger partial charge in [-0.1, -0.05) is 74.6 Å². The zero-order chi connectivity index (χ0) is 22.7. The third-order valence-electron chi connectivity index (χ3n) is 6.09. The highest BCUT2D eigenvalue weighted by molar-refractivity contribution is 7.99. The fourth-order valence-electron chi connectivity index (χ4n) is 4.29. The minimum Gasteiger partial charge on any atom is -0.494 e. The van der Waals surface area contributed by atoms with Crippen molar-refractivity contribution in [1.29, 1.82) is 0 Å². The summed E-state index contributed by atoms with van der Waals surface area (Å²) in [6.07, 6.45) is 10.9.